The zero-order chi connectivity index (χ0) is 10.1. The monoisotopic (exact) mass is 199 g/mol. The molecule has 2 rings (SSSR count). The molecular formula is C10H11F2NO. The first-order valence-electron chi connectivity index (χ1n) is 4.58. The highest BCUT2D eigenvalue weighted by molar-refractivity contribution is 5.53. The van der Waals surface area contributed by atoms with Crippen molar-refractivity contribution in [2.75, 3.05) is 5.73 Å². The van der Waals surface area contributed by atoms with Crippen molar-refractivity contribution in [3.8, 4) is 5.75 Å². The van der Waals surface area contributed by atoms with Crippen molar-refractivity contribution in [1.29, 1.82) is 0 Å². The van der Waals surface area contributed by atoms with E-state index in [1.807, 2.05) is 0 Å². The number of ether oxygens (including phenoxy) is 1. The van der Waals surface area contributed by atoms with Crippen molar-refractivity contribution in [2.45, 2.75) is 25.4 Å². The maximum atomic E-state index is 13.2. The van der Waals surface area contributed by atoms with Crippen LogP contribution in [0.4, 0.5) is 14.5 Å². The average Bonchev–Trinajstić information content (AvgIpc) is 2.09. The summed E-state index contributed by atoms with van der Waals surface area (Å²) in [6, 6.07) is 2.31. The van der Waals surface area contributed by atoms with Crippen LogP contribution in [0.25, 0.3) is 0 Å². The normalized spacial score (nSPS) is 16.4. The van der Waals surface area contributed by atoms with Crippen molar-refractivity contribution in [3.05, 3.63) is 23.8 Å². The van der Waals surface area contributed by atoms with E-state index in [2.05, 4.69) is 0 Å². The van der Waals surface area contributed by atoms with E-state index < -0.39 is 11.6 Å². The van der Waals surface area contributed by atoms with Gasteiger partial charge in [-0.3, -0.25) is 0 Å². The fourth-order valence-electron chi connectivity index (χ4n) is 1.32. The molecule has 0 atom stereocenters. The molecule has 0 radical (unpaired) electrons. The number of anilines is 1. The Morgan fingerprint density at radius 3 is 2.57 bits per heavy atom. The molecule has 1 fully saturated rings. The van der Waals surface area contributed by atoms with E-state index in [1.54, 1.807) is 0 Å². The highest BCUT2D eigenvalue weighted by Crippen LogP contribution is 2.32. The third-order valence-corrected chi connectivity index (χ3v) is 2.42. The van der Waals surface area contributed by atoms with E-state index in [-0.39, 0.29) is 17.5 Å². The lowest BCUT2D eigenvalue weighted by Crippen LogP contribution is -2.25. The lowest BCUT2D eigenvalue weighted by molar-refractivity contribution is 0.115. The number of halogens is 2. The summed E-state index contributed by atoms with van der Waals surface area (Å²) in [5, 5.41) is 0. The average molecular weight is 199 g/mol. The van der Waals surface area contributed by atoms with Crippen molar-refractivity contribution in [1.82, 2.24) is 0 Å². The Balaban J connectivity index is 2.25. The molecule has 4 heteroatoms. The van der Waals surface area contributed by atoms with Gasteiger partial charge < -0.3 is 10.5 Å². The van der Waals surface area contributed by atoms with E-state index in [1.165, 1.54) is 6.07 Å². The first kappa shape index (κ1) is 9.24. The van der Waals surface area contributed by atoms with E-state index in [0.29, 0.717) is 0 Å². The first-order valence-corrected chi connectivity index (χ1v) is 4.58. The van der Waals surface area contributed by atoms with Crippen LogP contribution in [0.15, 0.2) is 12.1 Å². The van der Waals surface area contributed by atoms with Gasteiger partial charge in [0.05, 0.1) is 11.8 Å². The van der Waals surface area contributed by atoms with Gasteiger partial charge in [-0.2, -0.15) is 4.39 Å². The summed E-state index contributed by atoms with van der Waals surface area (Å²) in [7, 11) is 0. The third-order valence-electron chi connectivity index (χ3n) is 2.42. The van der Waals surface area contributed by atoms with Crippen molar-refractivity contribution in [2.24, 2.45) is 0 Å². The highest BCUT2D eigenvalue weighted by atomic mass is 19.2. The Bertz CT molecular complexity index is 350. The van der Waals surface area contributed by atoms with Crippen molar-refractivity contribution in [3.63, 3.8) is 0 Å². The molecule has 2 N–H and O–H groups in total. The van der Waals surface area contributed by atoms with E-state index >= 15 is 0 Å². The first-order chi connectivity index (χ1) is 6.68. The van der Waals surface area contributed by atoms with Gasteiger partial charge >= 0.3 is 0 Å². The standard InChI is InChI=1S/C10H11F2NO/c11-7-4-5-8(13)10(9(7)12)14-6-2-1-3-6/h4-6H,1-3,13H2. The zero-order valence-electron chi connectivity index (χ0n) is 7.59. The van der Waals surface area contributed by atoms with Gasteiger partial charge in [0.15, 0.2) is 11.6 Å². The zero-order valence-corrected chi connectivity index (χ0v) is 7.59. The van der Waals surface area contributed by atoms with Crippen LogP contribution in [-0.4, -0.2) is 6.10 Å². The molecule has 0 heterocycles. The van der Waals surface area contributed by atoms with Gasteiger partial charge in [0, 0.05) is 0 Å². The summed E-state index contributed by atoms with van der Waals surface area (Å²) in [5.41, 5.74) is 5.63. The smallest absolute Gasteiger partial charge is 0.202 e. The lowest BCUT2D eigenvalue weighted by Gasteiger charge is -2.27. The molecule has 14 heavy (non-hydrogen) atoms. The summed E-state index contributed by atoms with van der Waals surface area (Å²) >= 11 is 0. The number of hydrogen-bond donors (Lipinski definition) is 1. The second kappa shape index (κ2) is 3.44. The van der Waals surface area contributed by atoms with Gasteiger partial charge in [0.25, 0.3) is 0 Å². The number of nitrogen functional groups attached to an aromatic ring is 1. The predicted molar refractivity (Wildman–Crippen MR) is 49.0 cm³/mol. The Morgan fingerprint density at radius 2 is 2.00 bits per heavy atom. The molecule has 1 saturated carbocycles. The molecular weight excluding hydrogens is 188 g/mol. The summed E-state index contributed by atoms with van der Waals surface area (Å²) in [6.07, 6.45) is 2.83. The third kappa shape index (κ3) is 1.52. The highest BCUT2D eigenvalue weighted by Gasteiger charge is 2.23. The number of benzene rings is 1. The Hall–Kier alpha value is -1.32. The minimum atomic E-state index is -0.989. The van der Waals surface area contributed by atoms with Gasteiger partial charge in [-0.05, 0) is 31.4 Å². The minimum absolute atomic E-state index is 0.00593. The van der Waals surface area contributed by atoms with Crippen molar-refractivity contribution >= 4 is 5.69 Å². The van der Waals surface area contributed by atoms with E-state index in [4.69, 9.17) is 10.5 Å². The molecule has 0 aromatic heterocycles. The summed E-state index contributed by atoms with van der Waals surface area (Å²) in [6.45, 7) is 0. The van der Waals surface area contributed by atoms with Crippen LogP contribution < -0.4 is 10.5 Å². The fourth-order valence-corrected chi connectivity index (χ4v) is 1.32. The number of rotatable bonds is 2. The Kier molecular flexibility index (Phi) is 2.27. The molecule has 0 saturated heterocycles. The summed E-state index contributed by atoms with van der Waals surface area (Å²) in [5.74, 6) is -2.06. The van der Waals surface area contributed by atoms with Crippen LogP contribution in [-0.2, 0) is 0 Å². The molecule has 1 aliphatic carbocycles. The molecule has 1 aliphatic rings. The van der Waals surface area contributed by atoms with Crippen LogP contribution in [0, 0.1) is 11.6 Å². The van der Waals surface area contributed by atoms with Crippen LogP contribution in [0.3, 0.4) is 0 Å². The maximum Gasteiger partial charge on any atom is 0.202 e. The van der Waals surface area contributed by atoms with Gasteiger partial charge in [0.2, 0.25) is 5.82 Å². The molecule has 1 aromatic rings. The van der Waals surface area contributed by atoms with Crippen LogP contribution >= 0.6 is 0 Å². The summed E-state index contributed by atoms with van der Waals surface area (Å²) < 4.78 is 31.3. The van der Waals surface area contributed by atoms with Crippen LogP contribution in [0.1, 0.15) is 19.3 Å². The fraction of sp³-hybridized carbons (Fsp3) is 0.400. The maximum absolute atomic E-state index is 13.2. The largest absolute Gasteiger partial charge is 0.485 e. The second-order valence-electron chi connectivity index (χ2n) is 3.45. The quantitative estimate of drug-likeness (QED) is 0.742. The Labute approximate surface area is 80.7 Å². The van der Waals surface area contributed by atoms with E-state index in [0.717, 1.165) is 25.3 Å². The number of nitrogens with two attached hydrogens (primary N) is 1. The molecule has 1 aromatic carbocycles. The topological polar surface area (TPSA) is 35.2 Å². The molecule has 0 bridgehead atoms. The van der Waals surface area contributed by atoms with Crippen LogP contribution in [0.2, 0.25) is 0 Å². The van der Waals surface area contributed by atoms with Crippen LogP contribution in [0.5, 0.6) is 5.75 Å². The van der Waals surface area contributed by atoms with Gasteiger partial charge in [-0.15, -0.1) is 0 Å². The predicted octanol–water partition coefficient (Wildman–Crippen LogP) is 2.48. The van der Waals surface area contributed by atoms with Gasteiger partial charge in [-0.1, -0.05) is 0 Å². The molecule has 76 valence electrons. The summed E-state index contributed by atoms with van der Waals surface area (Å²) in [4.78, 5) is 0. The lowest BCUT2D eigenvalue weighted by atomic mass is 9.96. The molecule has 2 nitrogen and oxygen atoms in total. The van der Waals surface area contributed by atoms with E-state index in [9.17, 15) is 8.78 Å². The molecule has 0 amide bonds. The molecule has 0 aliphatic heterocycles. The second-order valence-corrected chi connectivity index (χ2v) is 3.45. The van der Waals surface area contributed by atoms with Crippen molar-refractivity contribution < 1.29 is 13.5 Å². The minimum Gasteiger partial charge on any atom is -0.485 e. The SMILES string of the molecule is Nc1ccc(F)c(F)c1OC1CCC1. The number of hydrogen-bond acceptors (Lipinski definition) is 2. The molecule has 0 spiro atoms. The Morgan fingerprint density at radius 1 is 1.29 bits per heavy atom. The van der Waals surface area contributed by atoms with Gasteiger partial charge in [0.1, 0.15) is 0 Å². The molecule has 0 unspecified atom stereocenters. The van der Waals surface area contributed by atoms with Gasteiger partial charge in [-0.25, -0.2) is 4.39 Å².